The molecule has 0 radical (unpaired) electrons. The summed E-state index contributed by atoms with van der Waals surface area (Å²) in [4.78, 5) is 17.5. The molecular weight excluding hydrogens is 260 g/mol. The minimum atomic E-state index is -0.352. The van der Waals surface area contributed by atoms with Gasteiger partial charge in [-0.05, 0) is 37.3 Å². The minimum Gasteiger partial charge on any atom is -0.462 e. The number of ether oxygens (including phenoxy) is 1. The van der Waals surface area contributed by atoms with Gasteiger partial charge in [-0.25, -0.2) is 4.79 Å². The fourth-order valence-electron chi connectivity index (χ4n) is 1.52. The second-order valence-electron chi connectivity index (χ2n) is 3.76. The third-order valence-corrected chi connectivity index (χ3v) is 3.50. The first-order chi connectivity index (χ1) is 9.20. The molecule has 0 fully saturated rings. The molecule has 1 aromatic carbocycles. The van der Waals surface area contributed by atoms with Crippen molar-refractivity contribution in [3.63, 3.8) is 0 Å². The molecule has 2 aromatic rings. The van der Waals surface area contributed by atoms with Gasteiger partial charge in [0.1, 0.15) is 0 Å². The van der Waals surface area contributed by atoms with Crippen molar-refractivity contribution in [1.29, 1.82) is 0 Å². The van der Waals surface area contributed by atoms with Gasteiger partial charge in [0.15, 0.2) is 0 Å². The fraction of sp³-hybridized carbons (Fsp3) is 0.143. The first-order valence-electron chi connectivity index (χ1n) is 5.85. The maximum atomic E-state index is 11.6. The molecule has 4 nitrogen and oxygen atoms in total. The van der Waals surface area contributed by atoms with Gasteiger partial charge in [-0.15, -0.1) is 0 Å². The number of pyridine rings is 1. The molecule has 1 aromatic heterocycles. The number of benzene rings is 1. The average molecular weight is 274 g/mol. The van der Waals surface area contributed by atoms with E-state index in [2.05, 4.69) is 4.98 Å². The van der Waals surface area contributed by atoms with Crippen LogP contribution in [0.2, 0.25) is 0 Å². The molecule has 1 heterocycles. The van der Waals surface area contributed by atoms with Gasteiger partial charge in [-0.1, -0.05) is 11.8 Å². The lowest BCUT2D eigenvalue weighted by Gasteiger charge is -2.07. The smallest absolute Gasteiger partial charge is 0.338 e. The molecule has 0 saturated carbocycles. The number of rotatable bonds is 4. The third-order valence-electron chi connectivity index (χ3n) is 2.40. The van der Waals surface area contributed by atoms with Crippen LogP contribution in [0, 0.1) is 0 Å². The summed E-state index contributed by atoms with van der Waals surface area (Å²) < 4.78 is 4.93. The van der Waals surface area contributed by atoms with Crippen LogP contribution >= 0.6 is 11.8 Å². The van der Waals surface area contributed by atoms with E-state index in [1.807, 2.05) is 18.2 Å². The highest BCUT2D eigenvalue weighted by Gasteiger charge is 2.09. The van der Waals surface area contributed by atoms with Crippen LogP contribution < -0.4 is 5.73 Å². The zero-order chi connectivity index (χ0) is 13.7. The second-order valence-corrected chi connectivity index (χ2v) is 4.87. The number of carbonyl (C=O) groups excluding carboxylic acids is 1. The van der Waals surface area contributed by atoms with Crippen molar-refractivity contribution in [3.8, 4) is 0 Å². The number of esters is 1. The van der Waals surface area contributed by atoms with Crippen LogP contribution in [0.3, 0.4) is 0 Å². The van der Waals surface area contributed by atoms with Gasteiger partial charge in [-0.3, -0.25) is 4.98 Å². The summed E-state index contributed by atoms with van der Waals surface area (Å²) in [5.41, 5.74) is 6.99. The van der Waals surface area contributed by atoms with Crippen LogP contribution in [0.25, 0.3) is 0 Å². The molecule has 19 heavy (non-hydrogen) atoms. The van der Waals surface area contributed by atoms with Crippen LogP contribution in [0.15, 0.2) is 52.5 Å². The van der Waals surface area contributed by atoms with Crippen molar-refractivity contribution in [2.45, 2.75) is 16.7 Å². The molecule has 0 bridgehead atoms. The maximum Gasteiger partial charge on any atom is 0.338 e. The molecule has 2 rings (SSSR count). The van der Waals surface area contributed by atoms with Crippen LogP contribution in [-0.2, 0) is 4.74 Å². The second kappa shape index (κ2) is 6.24. The molecule has 2 N–H and O–H groups in total. The van der Waals surface area contributed by atoms with Crippen molar-refractivity contribution in [1.82, 2.24) is 4.98 Å². The molecule has 0 aliphatic carbocycles. The van der Waals surface area contributed by atoms with Crippen LogP contribution in [0.1, 0.15) is 17.3 Å². The monoisotopic (exact) mass is 274 g/mol. The Hall–Kier alpha value is -2.01. The summed E-state index contributed by atoms with van der Waals surface area (Å²) in [6.45, 7) is 2.13. The summed E-state index contributed by atoms with van der Waals surface area (Å²) in [6, 6.07) is 9.00. The number of carbonyl (C=O) groups is 1. The largest absolute Gasteiger partial charge is 0.462 e. The van der Waals surface area contributed by atoms with Gasteiger partial charge in [0.2, 0.25) is 0 Å². The van der Waals surface area contributed by atoms with E-state index in [1.165, 1.54) is 11.8 Å². The molecule has 0 amide bonds. The molecule has 0 aliphatic heterocycles. The van der Waals surface area contributed by atoms with Crippen LogP contribution in [-0.4, -0.2) is 17.6 Å². The highest BCUT2D eigenvalue weighted by atomic mass is 32.2. The molecule has 0 spiro atoms. The summed E-state index contributed by atoms with van der Waals surface area (Å²) >= 11 is 1.53. The van der Waals surface area contributed by atoms with Crippen molar-refractivity contribution in [2.75, 3.05) is 12.3 Å². The highest BCUT2D eigenvalue weighted by Crippen LogP contribution is 2.32. The quantitative estimate of drug-likeness (QED) is 0.686. The highest BCUT2D eigenvalue weighted by molar-refractivity contribution is 7.99. The van der Waals surface area contributed by atoms with Gasteiger partial charge in [0, 0.05) is 27.9 Å². The summed E-state index contributed by atoms with van der Waals surface area (Å²) in [5, 5.41) is 0. The third kappa shape index (κ3) is 3.48. The van der Waals surface area contributed by atoms with E-state index in [-0.39, 0.29) is 5.97 Å². The number of anilines is 1. The number of hydrogen-bond acceptors (Lipinski definition) is 5. The van der Waals surface area contributed by atoms with E-state index in [0.29, 0.717) is 17.9 Å². The van der Waals surface area contributed by atoms with Gasteiger partial charge in [0.25, 0.3) is 0 Å². The van der Waals surface area contributed by atoms with Gasteiger partial charge < -0.3 is 10.5 Å². The molecule has 0 saturated heterocycles. The predicted molar refractivity (Wildman–Crippen MR) is 75.2 cm³/mol. The van der Waals surface area contributed by atoms with Crippen molar-refractivity contribution in [2.24, 2.45) is 0 Å². The fourth-order valence-corrected chi connectivity index (χ4v) is 2.34. The number of nitrogen functional groups attached to an aromatic ring is 1. The first kappa shape index (κ1) is 13.4. The zero-order valence-electron chi connectivity index (χ0n) is 10.5. The lowest BCUT2D eigenvalue weighted by molar-refractivity contribution is 0.0526. The van der Waals surface area contributed by atoms with Crippen LogP contribution in [0.4, 0.5) is 5.69 Å². The molecular formula is C14H14N2O2S. The number of nitrogens with zero attached hydrogens (tertiary/aromatic N) is 1. The summed E-state index contributed by atoms with van der Waals surface area (Å²) in [7, 11) is 0. The van der Waals surface area contributed by atoms with Crippen molar-refractivity contribution in [3.05, 3.63) is 48.3 Å². The summed E-state index contributed by atoms with van der Waals surface area (Å²) in [6.07, 6.45) is 3.46. The Morgan fingerprint density at radius 2 is 2.05 bits per heavy atom. The van der Waals surface area contributed by atoms with E-state index in [1.54, 1.807) is 31.5 Å². The normalized spacial score (nSPS) is 10.2. The number of nitrogens with two attached hydrogens (primary N) is 1. The van der Waals surface area contributed by atoms with Gasteiger partial charge in [0.05, 0.1) is 12.2 Å². The lowest BCUT2D eigenvalue weighted by atomic mass is 10.2. The molecule has 98 valence electrons. The average Bonchev–Trinajstić information content (AvgIpc) is 2.42. The van der Waals surface area contributed by atoms with Gasteiger partial charge >= 0.3 is 5.97 Å². The minimum absolute atomic E-state index is 0.352. The van der Waals surface area contributed by atoms with Crippen LogP contribution in [0.5, 0.6) is 0 Å². The lowest BCUT2D eigenvalue weighted by Crippen LogP contribution is -2.05. The van der Waals surface area contributed by atoms with Crippen molar-refractivity contribution < 1.29 is 9.53 Å². The summed E-state index contributed by atoms with van der Waals surface area (Å²) in [5.74, 6) is -0.352. The topological polar surface area (TPSA) is 65.2 Å². The Morgan fingerprint density at radius 3 is 2.68 bits per heavy atom. The Morgan fingerprint density at radius 1 is 1.32 bits per heavy atom. The number of hydrogen-bond donors (Lipinski definition) is 1. The molecule has 0 unspecified atom stereocenters. The van der Waals surface area contributed by atoms with E-state index in [4.69, 9.17) is 10.5 Å². The Kier molecular flexibility index (Phi) is 4.41. The predicted octanol–water partition coefficient (Wildman–Crippen LogP) is 2.99. The van der Waals surface area contributed by atoms with Crippen molar-refractivity contribution >= 4 is 23.4 Å². The number of aromatic nitrogens is 1. The van der Waals surface area contributed by atoms with E-state index in [0.717, 1.165) is 9.79 Å². The maximum absolute atomic E-state index is 11.6. The van der Waals surface area contributed by atoms with E-state index in [9.17, 15) is 4.79 Å². The Labute approximate surface area is 116 Å². The zero-order valence-corrected chi connectivity index (χ0v) is 11.3. The molecule has 0 aliphatic rings. The molecule has 0 atom stereocenters. The molecule has 5 heteroatoms. The Balaban J connectivity index is 2.18. The van der Waals surface area contributed by atoms with Gasteiger partial charge in [-0.2, -0.15) is 0 Å². The first-order valence-corrected chi connectivity index (χ1v) is 6.67. The standard InChI is InChI=1S/C14H14N2O2S/c1-2-18-14(17)10-3-4-13(12(15)9-10)19-11-5-7-16-8-6-11/h3-9H,2,15H2,1H3. The van der Waals surface area contributed by atoms with E-state index < -0.39 is 0 Å². The SMILES string of the molecule is CCOC(=O)c1ccc(Sc2ccncc2)c(N)c1. The van der Waals surface area contributed by atoms with E-state index >= 15 is 0 Å². The Bertz CT molecular complexity index is 573.